The minimum absolute atomic E-state index is 0.209. The average molecular weight is 236 g/mol. The Balaban J connectivity index is 2.41. The lowest BCUT2D eigenvalue weighted by Crippen LogP contribution is -2.34. The smallest absolute Gasteiger partial charge is 0.322 e. The van der Waals surface area contributed by atoms with Crippen LogP contribution in [0.15, 0.2) is 24.3 Å². The monoisotopic (exact) mass is 236 g/mol. The molecule has 0 amide bonds. The molecule has 2 N–H and O–H groups in total. The van der Waals surface area contributed by atoms with Crippen LogP contribution in [0.25, 0.3) is 0 Å². The molecule has 17 heavy (non-hydrogen) atoms. The molecule has 0 saturated heterocycles. The van der Waals surface area contributed by atoms with Crippen molar-refractivity contribution >= 4 is 11.7 Å². The Labute approximate surface area is 102 Å². The molecule has 94 valence electrons. The van der Waals surface area contributed by atoms with Crippen molar-refractivity contribution in [2.24, 2.45) is 0 Å². The van der Waals surface area contributed by atoms with E-state index in [2.05, 4.69) is 10.6 Å². The number of carbonyl (C=O) groups is 1. The third kappa shape index (κ3) is 4.44. The van der Waals surface area contributed by atoms with Crippen LogP contribution in [-0.2, 0) is 16.1 Å². The molecule has 4 nitrogen and oxygen atoms in total. The standard InChI is InChI=1S/C13H20N2O2/c1-4-17-13(16)10(2)15-9-11-5-7-12(14-3)8-6-11/h5-8,10,14-15H,4,9H2,1-3H3. The lowest BCUT2D eigenvalue weighted by atomic mass is 10.2. The molecule has 1 aromatic rings. The molecule has 0 aliphatic heterocycles. The number of anilines is 1. The molecule has 0 fully saturated rings. The van der Waals surface area contributed by atoms with E-state index < -0.39 is 0 Å². The van der Waals surface area contributed by atoms with E-state index in [-0.39, 0.29) is 12.0 Å². The first kappa shape index (κ1) is 13.5. The maximum atomic E-state index is 11.4. The van der Waals surface area contributed by atoms with Gasteiger partial charge in [0.2, 0.25) is 0 Å². The molecule has 1 unspecified atom stereocenters. The second kappa shape index (κ2) is 6.91. The van der Waals surface area contributed by atoms with E-state index in [0.29, 0.717) is 13.2 Å². The van der Waals surface area contributed by atoms with Gasteiger partial charge in [-0.1, -0.05) is 12.1 Å². The van der Waals surface area contributed by atoms with Crippen molar-refractivity contribution in [2.75, 3.05) is 19.0 Å². The predicted molar refractivity (Wildman–Crippen MR) is 68.9 cm³/mol. The van der Waals surface area contributed by atoms with Crippen LogP contribution in [0.3, 0.4) is 0 Å². The summed E-state index contributed by atoms with van der Waals surface area (Å²) in [5, 5.41) is 6.19. The first-order valence-corrected chi connectivity index (χ1v) is 5.84. The van der Waals surface area contributed by atoms with Crippen molar-refractivity contribution in [2.45, 2.75) is 26.4 Å². The van der Waals surface area contributed by atoms with Gasteiger partial charge in [-0.25, -0.2) is 0 Å². The van der Waals surface area contributed by atoms with E-state index in [0.717, 1.165) is 11.3 Å². The Bertz CT molecular complexity index is 349. The van der Waals surface area contributed by atoms with Crippen LogP contribution in [0.5, 0.6) is 0 Å². The van der Waals surface area contributed by atoms with E-state index in [1.807, 2.05) is 31.3 Å². The highest BCUT2D eigenvalue weighted by atomic mass is 16.5. The highest BCUT2D eigenvalue weighted by molar-refractivity contribution is 5.75. The highest BCUT2D eigenvalue weighted by Crippen LogP contribution is 2.08. The molecule has 0 aromatic heterocycles. The number of esters is 1. The minimum atomic E-state index is -0.279. The van der Waals surface area contributed by atoms with Gasteiger partial charge >= 0.3 is 5.97 Å². The fraction of sp³-hybridized carbons (Fsp3) is 0.462. The topological polar surface area (TPSA) is 50.4 Å². The van der Waals surface area contributed by atoms with Crippen LogP contribution in [0.1, 0.15) is 19.4 Å². The first-order valence-electron chi connectivity index (χ1n) is 5.84. The van der Waals surface area contributed by atoms with E-state index in [9.17, 15) is 4.79 Å². The summed E-state index contributed by atoms with van der Waals surface area (Å²) < 4.78 is 4.92. The summed E-state index contributed by atoms with van der Waals surface area (Å²) in [4.78, 5) is 11.4. The Morgan fingerprint density at radius 1 is 1.35 bits per heavy atom. The van der Waals surface area contributed by atoms with Gasteiger partial charge in [0.05, 0.1) is 6.61 Å². The normalized spacial score (nSPS) is 11.9. The molecule has 4 heteroatoms. The third-order valence-corrected chi connectivity index (χ3v) is 2.50. The van der Waals surface area contributed by atoms with Gasteiger partial charge in [-0.2, -0.15) is 0 Å². The van der Waals surface area contributed by atoms with Crippen LogP contribution in [0, 0.1) is 0 Å². The van der Waals surface area contributed by atoms with Gasteiger partial charge in [0.25, 0.3) is 0 Å². The molecule has 0 saturated carbocycles. The SMILES string of the molecule is CCOC(=O)C(C)NCc1ccc(NC)cc1. The quantitative estimate of drug-likeness (QED) is 0.739. The Morgan fingerprint density at radius 2 is 2.00 bits per heavy atom. The van der Waals surface area contributed by atoms with Crippen molar-refractivity contribution in [1.82, 2.24) is 5.32 Å². The predicted octanol–water partition coefficient (Wildman–Crippen LogP) is 1.77. The largest absolute Gasteiger partial charge is 0.465 e. The van der Waals surface area contributed by atoms with Crippen LogP contribution in [-0.4, -0.2) is 25.7 Å². The Morgan fingerprint density at radius 3 is 2.53 bits per heavy atom. The fourth-order valence-corrected chi connectivity index (χ4v) is 1.41. The van der Waals surface area contributed by atoms with Crippen molar-refractivity contribution in [3.8, 4) is 0 Å². The van der Waals surface area contributed by atoms with Gasteiger partial charge in [-0.3, -0.25) is 4.79 Å². The van der Waals surface area contributed by atoms with Crippen LogP contribution >= 0.6 is 0 Å². The molecule has 0 heterocycles. The van der Waals surface area contributed by atoms with Gasteiger partial charge in [-0.15, -0.1) is 0 Å². The van der Waals surface area contributed by atoms with Crippen molar-refractivity contribution in [3.63, 3.8) is 0 Å². The van der Waals surface area contributed by atoms with Crippen molar-refractivity contribution < 1.29 is 9.53 Å². The minimum Gasteiger partial charge on any atom is -0.465 e. The summed E-state index contributed by atoms with van der Waals surface area (Å²) in [7, 11) is 1.89. The number of hydrogen-bond acceptors (Lipinski definition) is 4. The van der Waals surface area contributed by atoms with Crippen molar-refractivity contribution in [3.05, 3.63) is 29.8 Å². The molecule has 1 aromatic carbocycles. The zero-order valence-electron chi connectivity index (χ0n) is 10.6. The molecule has 0 aliphatic rings. The van der Waals surface area contributed by atoms with Gasteiger partial charge in [-0.05, 0) is 31.5 Å². The third-order valence-electron chi connectivity index (χ3n) is 2.50. The summed E-state index contributed by atoms with van der Waals surface area (Å²) >= 11 is 0. The maximum Gasteiger partial charge on any atom is 0.322 e. The number of ether oxygens (including phenoxy) is 1. The van der Waals surface area contributed by atoms with Gasteiger partial charge in [0, 0.05) is 19.3 Å². The number of hydrogen-bond donors (Lipinski definition) is 2. The molecule has 1 atom stereocenters. The lowest BCUT2D eigenvalue weighted by Gasteiger charge is -2.12. The average Bonchev–Trinajstić information content (AvgIpc) is 2.36. The second-order valence-electron chi connectivity index (χ2n) is 3.80. The lowest BCUT2D eigenvalue weighted by molar-refractivity contribution is -0.145. The summed E-state index contributed by atoms with van der Waals surface area (Å²) in [6.45, 7) is 4.69. The number of nitrogens with one attached hydrogen (secondary N) is 2. The fourth-order valence-electron chi connectivity index (χ4n) is 1.41. The number of carbonyl (C=O) groups excluding carboxylic acids is 1. The first-order chi connectivity index (χ1) is 8.17. The van der Waals surface area contributed by atoms with E-state index in [1.54, 1.807) is 13.8 Å². The van der Waals surface area contributed by atoms with Gasteiger partial charge < -0.3 is 15.4 Å². The molecular formula is C13H20N2O2. The van der Waals surface area contributed by atoms with Gasteiger partial charge in [0.1, 0.15) is 6.04 Å². The summed E-state index contributed by atoms with van der Waals surface area (Å²) in [5.41, 5.74) is 2.22. The van der Waals surface area contributed by atoms with Crippen LogP contribution in [0.2, 0.25) is 0 Å². The summed E-state index contributed by atoms with van der Waals surface area (Å²) in [6.07, 6.45) is 0. The maximum absolute atomic E-state index is 11.4. The molecular weight excluding hydrogens is 216 g/mol. The summed E-state index contributed by atoms with van der Waals surface area (Å²) in [6, 6.07) is 7.78. The highest BCUT2D eigenvalue weighted by Gasteiger charge is 2.12. The van der Waals surface area contributed by atoms with Gasteiger partial charge in [0.15, 0.2) is 0 Å². The Kier molecular flexibility index (Phi) is 5.49. The van der Waals surface area contributed by atoms with E-state index in [1.165, 1.54) is 0 Å². The Hall–Kier alpha value is -1.55. The molecule has 0 bridgehead atoms. The zero-order valence-corrected chi connectivity index (χ0v) is 10.6. The number of benzene rings is 1. The number of rotatable bonds is 6. The molecule has 0 spiro atoms. The van der Waals surface area contributed by atoms with Crippen molar-refractivity contribution in [1.29, 1.82) is 0 Å². The zero-order chi connectivity index (χ0) is 12.7. The van der Waals surface area contributed by atoms with E-state index >= 15 is 0 Å². The van der Waals surface area contributed by atoms with Crippen LogP contribution < -0.4 is 10.6 Å². The molecule has 1 rings (SSSR count). The van der Waals surface area contributed by atoms with Crippen LogP contribution in [0.4, 0.5) is 5.69 Å². The molecule has 0 aliphatic carbocycles. The summed E-state index contributed by atoms with van der Waals surface area (Å²) in [5.74, 6) is -0.209. The molecule has 0 radical (unpaired) electrons. The van der Waals surface area contributed by atoms with E-state index in [4.69, 9.17) is 4.74 Å². The second-order valence-corrected chi connectivity index (χ2v) is 3.80.